The lowest BCUT2D eigenvalue weighted by Gasteiger charge is -2.13. The summed E-state index contributed by atoms with van der Waals surface area (Å²) in [7, 11) is 0. The first-order valence-electron chi connectivity index (χ1n) is 9.48. The lowest BCUT2D eigenvalue weighted by Crippen LogP contribution is -2.15. The van der Waals surface area contributed by atoms with Crippen molar-refractivity contribution in [2.45, 2.75) is 38.7 Å². The molecule has 1 unspecified atom stereocenters. The molecule has 28 heavy (non-hydrogen) atoms. The second-order valence-electron chi connectivity index (χ2n) is 6.79. The maximum absolute atomic E-state index is 12.0. The average molecular weight is 376 g/mol. The van der Waals surface area contributed by atoms with E-state index in [1.54, 1.807) is 36.4 Å². The fourth-order valence-corrected chi connectivity index (χ4v) is 2.89. The van der Waals surface area contributed by atoms with Crippen molar-refractivity contribution in [2.75, 3.05) is 0 Å². The third kappa shape index (κ3) is 5.64. The molecule has 0 spiro atoms. The van der Waals surface area contributed by atoms with Crippen molar-refractivity contribution in [3.05, 3.63) is 78.1 Å². The Morgan fingerprint density at radius 3 is 2.36 bits per heavy atom. The Hall–Kier alpha value is -3.21. The normalized spacial score (nSPS) is 11.8. The van der Waals surface area contributed by atoms with Gasteiger partial charge in [0.05, 0.1) is 11.7 Å². The number of phenolic OH excluding ortho intramolecular Hbond substituents is 1. The number of carbonyl (C=O) groups excluding carboxylic acids is 1. The molecule has 3 rings (SSSR count). The van der Waals surface area contributed by atoms with Gasteiger partial charge in [0.1, 0.15) is 5.75 Å². The number of carbonyl (C=O) groups is 1. The summed E-state index contributed by atoms with van der Waals surface area (Å²) in [5.74, 6) is 0.598. The molecule has 144 valence electrons. The first-order valence-corrected chi connectivity index (χ1v) is 9.48. The van der Waals surface area contributed by atoms with Crippen LogP contribution in [-0.2, 0) is 11.2 Å². The lowest BCUT2D eigenvalue weighted by atomic mass is 10.1. The van der Waals surface area contributed by atoms with Gasteiger partial charge in [-0.15, -0.1) is 0 Å². The van der Waals surface area contributed by atoms with E-state index in [0.717, 1.165) is 36.8 Å². The number of aryl methyl sites for hydroxylation is 1. The average Bonchev–Trinajstić information content (AvgIpc) is 2.73. The van der Waals surface area contributed by atoms with Gasteiger partial charge in [0.2, 0.25) is 0 Å². The Morgan fingerprint density at radius 1 is 1.00 bits per heavy atom. The summed E-state index contributed by atoms with van der Waals surface area (Å²) in [6.45, 7) is 1.93. The highest BCUT2D eigenvalue weighted by atomic mass is 16.5. The fourth-order valence-electron chi connectivity index (χ4n) is 2.89. The maximum Gasteiger partial charge on any atom is 0.338 e. The molecule has 5 nitrogen and oxygen atoms in total. The lowest BCUT2D eigenvalue weighted by molar-refractivity contribution is 0.0319. The zero-order valence-corrected chi connectivity index (χ0v) is 15.9. The molecule has 3 aromatic rings. The van der Waals surface area contributed by atoms with E-state index in [4.69, 9.17) is 4.74 Å². The number of benzene rings is 2. The zero-order chi connectivity index (χ0) is 19.8. The molecular weight excluding hydrogens is 352 g/mol. The van der Waals surface area contributed by atoms with E-state index < -0.39 is 0 Å². The van der Waals surface area contributed by atoms with Gasteiger partial charge in [-0.3, -0.25) is 0 Å². The minimum Gasteiger partial charge on any atom is -0.508 e. The van der Waals surface area contributed by atoms with Crippen LogP contribution >= 0.6 is 0 Å². The van der Waals surface area contributed by atoms with Gasteiger partial charge in [0, 0.05) is 18.0 Å². The second-order valence-corrected chi connectivity index (χ2v) is 6.79. The van der Waals surface area contributed by atoms with Gasteiger partial charge in [-0.05, 0) is 74.6 Å². The smallest absolute Gasteiger partial charge is 0.338 e. The van der Waals surface area contributed by atoms with E-state index in [9.17, 15) is 9.90 Å². The number of hydrogen-bond acceptors (Lipinski definition) is 5. The van der Waals surface area contributed by atoms with Crippen LogP contribution in [0.1, 0.15) is 42.1 Å². The Balaban J connectivity index is 1.40. The van der Waals surface area contributed by atoms with Gasteiger partial charge in [0.15, 0.2) is 5.82 Å². The molecule has 0 aliphatic carbocycles. The van der Waals surface area contributed by atoms with E-state index in [2.05, 4.69) is 9.97 Å². The molecule has 2 aromatic carbocycles. The van der Waals surface area contributed by atoms with Crippen LogP contribution in [0.15, 0.2) is 67.0 Å². The molecule has 1 aromatic heterocycles. The summed E-state index contributed by atoms with van der Waals surface area (Å²) < 4.78 is 5.48. The second kappa shape index (κ2) is 9.65. The fraction of sp³-hybridized carbons (Fsp3) is 0.261. The summed E-state index contributed by atoms with van der Waals surface area (Å²) >= 11 is 0. The van der Waals surface area contributed by atoms with Crippen molar-refractivity contribution >= 4 is 5.97 Å². The molecule has 0 bridgehead atoms. The van der Waals surface area contributed by atoms with Crippen LogP contribution < -0.4 is 0 Å². The van der Waals surface area contributed by atoms with E-state index in [1.807, 2.05) is 37.5 Å². The minimum absolute atomic E-state index is 0.110. The maximum atomic E-state index is 12.0. The predicted molar refractivity (Wildman–Crippen MR) is 108 cm³/mol. The largest absolute Gasteiger partial charge is 0.508 e. The Bertz CT molecular complexity index is 878. The van der Waals surface area contributed by atoms with Gasteiger partial charge in [-0.25, -0.2) is 14.8 Å². The highest BCUT2D eigenvalue weighted by molar-refractivity contribution is 5.89. The SMILES string of the molecule is CC(CCCCc1cnc(-c2ccc(O)cc2)nc1)OC(=O)c1ccccc1. The van der Waals surface area contributed by atoms with Crippen LogP contribution in [0.25, 0.3) is 11.4 Å². The van der Waals surface area contributed by atoms with E-state index in [0.29, 0.717) is 11.4 Å². The summed E-state index contributed by atoms with van der Waals surface area (Å²) in [4.78, 5) is 20.8. The first kappa shape index (κ1) is 19.5. The third-order valence-electron chi connectivity index (χ3n) is 4.47. The molecule has 0 radical (unpaired) electrons. The number of aromatic nitrogens is 2. The molecule has 0 saturated carbocycles. The van der Waals surface area contributed by atoms with Crippen LogP contribution in [0.5, 0.6) is 5.75 Å². The van der Waals surface area contributed by atoms with Crippen LogP contribution in [0.3, 0.4) is 0 Å². The summed E-state index contributed by atoms with van der Waals surface area (Å²) in [6.07, 6.45) is 7.22. The Labute approximate surface area is 165 Å². The molecule has 0 aliphatic heterocycles. The van der Waals surface area contributed by atoms with E-state index in [-0.39, 0.29) is 17.8 Å². The van der Waals surface area contributed by atoms with Gasteiger partial charge >= 0.3 is 5.97 Å². The highest BCUT2D eigenvalue weighted by Crippen LogP contribution is 2.18. The minimum atomic E-state index is -0.272. The van der Waals surface area contributed by atoms with E-state index >= 15 is 0 Å². The zero-order valence-electron chi connectivity index (χ0n) is 15.9. The topological polar surface area (TPSA) is 72.3 Å². The molecule has 0 fully saturated rings. The number of esters is 1. The van der Waals surface area contributed by atoms with Crippen molar-refractivity contribution in [3.63, 3.8) is 0 Å². The van der Waals surface area contributed by atoms with E-state index in [1.165, 1.54) is 0 Å². The molecule has 0 amide bonds. The monoisotopic (exact) mass is 376 g/mol. The predicted octanol–water partition coefficient (Wildman–Crippen LogP) is 4.81. The quantitative estimate of drug-likeness (QED) is 0.451. The number of aromatic hydroxyl groups is 1. The van der Waals surface area contributed by atoms with Gasteiger partial charge in [0.25, 0.3) is 0 Å². The molecule has 5 heteroatoms. The number of unbranched alkanes of at least 4 members (excludes halogenated alkanes) is 1. The number of nitrogens with zero attached hydrogens (tertiary/aromatic N) is 2. The highest BCUT2D eigenvalue weighted by Gasteiger charge is 2.11. The Kier molecular flexibility index (Phi) is 6.73. The van der Waals surface area contributed by atoms with Crippen LogP contribution in [-0.4, -0.2) is 27.1 Å². The molecular formula is C23H24N2O3. The Morgan fingerprint density at radius 2 is 1.68 bits per heavy atom. The van der Waals surface area contributed by atoms with Crippen LogP contribution in [0.2, 0.25) is 0 Å². The van der Waals surface area contributed by atoms with Crippen LogP contribution in [0.4, 0.5) is 0 Å². The number of ether oxygens (including phenoxy) is 1. The van der Waals surface area contributed by atoms with Gasteiger partial charge < -0.3 is 9.84 Å². The summed E-state index contributed by atoms with van der Waals surface area (Å²) in [5, 5.41) is 9.34. The first-order chi connectivity index (χ1) is 13.6. The standard InChI is InChI=1S/C23H24N2O3/c1-17(28-23(27)20-9-3-2-4-10-20)7-5-6-8-18-15-24-22(25-16-18)19-11-13-21(26)14-12-19/h2-4,9-17,26H,5-8H2,1H3. The van der Waals surface area contributed by atoms with Gasteiger partial charge in [-0.1, -0.05) is 18.2 Å². The molecule has 1 atom stereocenters. The molecule has 0 saturated heterocycles. The number of hydrogen-bond donors (Lipinski definition) is 1. The molecule has 1 heterocycles. The van der Waals surface area contributed by atoms with Crippen molar-refractivity contribution in [3.8, 4) is 17.1 Å². The molecule has 1 N–H and O–H groups in total. The summed E-state index contributed by atoms with van der Waals surface area (Å²) in [5.41, 5.74) is 2.54. The van der Waals surface area contributed by atoms with Crippen LogP contribution in [0, 0.1) is 0 Å². The number of phenols is 1. The van der Waals surface area contributed by atoms with Crippen molar-refractivity contribution in [1.29, 1.82) is 0 Å². The van der Waals surface area contributed by atoms with Crippen molar-refractivity contribution < 1.29 is 14.6 Å². The van der Waals surface area contributed by atoms with Gasteiger partial charge in [-0.2, -0.15) is 0 Å². The third-order valence-corrected chi connectivity index (χ3v) is 4.47. The summed E-state index contributed by atoms with van der Waals surface area (Å²) in [6, 6.07) is 15.9. The van der Waals surface area contributed by atoms with Crippen molar-refractivity contribution in [1.82, 2.24) is 9.97 Å². The number of rotatable bonds is 8. The molecule has 0 aliphatic rings. The van der Waals surface area contributed by atoms with Crippen molar-refractivity contribution in [2.24, 2.45) is 0 Å².